The Morgan fingerprint density at radius 1 is 1.33 bits per heavy atom. The molecular weight excluding hydrogens is 192 g/mol. The highest BCUT2D eigenvalue weighted by Gasteiger charge is 2.23. The number of benzene rings is 1. The molecule has 3 nitrogen and oxygen atoms in total. The van der Waals surface area contributed by atoms with Crippen molar-refractivity contribution in [3.05, 3.63) is 35.9 Å². The highest BCUT2D eigenvalue weighted by atomic mass is 16.5. The van der Waals surface area contributed by atoms with E-state index >= 15 is 0 Å². The molecule has 82 valence electrons. The molecule has 1 aromatic rings. The first kappa shape index (κ1) is 10.6. The summed E-state index contributed by atoms with van der Waals surface area (Å²) in [6, 6.07) is 9.99. The molecule has 2 rings (SSSR count). The number of rotatable bonds is 3. The lowest BCUT2D eigenvalue weighted by molar-refractivity contribution is -0.119. The predicted molar refractivity (Wildman–Crippen MR) is 56.5 cm³/mol. The SMILES string of the molecule is O[C@H]1COCC[C@@H]1OCc1ccccc1. The van der Waals surface area contributed by atoms with Crippen molar-refractivity contribution >= 4 is 0 Å². The first-order valence-corrected chi connectivity index (χ1v) is 5.27. The van der Waals surface area contributed by atoms with Gasteiger partial charge in [0, 0.05) is 6.61 Å². The molecule has 0 radical (unpaired) electrons. The van der Waals surface area contributed by atoms with E-state index in [1.165, 1.54) is 0 Å². The lowest BCUT2D eigenvalue weighted by atomic mass is 10.1. The predicted octanol–water partition coefficient (Wildman–Crippen LogP) is 1.35. The van der Waals surface area contributed by atoms with Crippen LogP contribution < -0.4 is 0 Å². The molecule has 1 aliphatic heterocycles. The van der Waals surface area contributed by atoms with Crippen molar-refractivity contribution in [2.24, 2.45) is 0 Å². The van der Waals surface area contributed by atoms with Crippen molar-refractivity contribution in [3.8, 4) is 0 Å². The number of aliphatic hydroxyl groups excluding tert-OH is 1. The maximum Gasteiger partial charge on any atom is 0.104 e. The van der Waals surface area contributed by atoms with Crippen LogP contribution in [-0.4, -0.2) is 30.5 Å². The summed E-state index contributed by atoms with van der Waals surface area (Å²) in [5, 5.41) is 9.60. The van der Waals surface area contributed by atoms with E-state index in [2.05, 4.69) is 0 Å². The van der Waals surface area contributed by atoms with Crippen LogP contribution in [0.5, 0.6) is 0 Å². The van der Waals surface area contributed by atoms with E-state index in [1.807, 2.05) is 30.3 Å². The van der Waals surface area contributed by atoms with Gasteiger partial charge >= 0.3 is 0 Å². The summed E-state index contributed by atoms with van der Waals surface area (Å²) in [6.07, 6.45) is 0.204. The molecule has 1 fully saturated rings. The molecule has 0 amide bonds. The molecule has 0 bridgehead atoms. The molecule has 2 atom stereocenters. The Morgan fingerprint density at radius 3 is 2.87 bits per heavy atom. The molecule has 0 spiro atoms. The third-order valence-electron chi connectivity index (χ3n) is 2.57. The second kappa shape index (κ2) is 5.26. The van der Waals surface area contributed by atoms with Crippen LogP contribution in [0.2, 0.25) is 0 Å². The van der Waals surface area contributed by atoms with Crippen LogP contribution in [-0.2, 0) is 16.1 Å². The number of aliphatic hydroxyl groups is 1. The molecule has 1 N–H and O–H groups in total. The minimum atomic E-state index is -0.484. The third kappa shape index (κ3) is 3.02. The Bertz CT molecular complexity index is 286. The lowest BCUT2D eigenvalue weighted by Gasteiger charge is -2.27. The quantitative estimate of drug-likeness (QED) is 0.815. The second-order valence-corrected chi connectivity index (χ2v) is 3.77. The van der Waals surface area contributed by atoms with Crippen molar-refractivity contribution in [1.29, 1.82) is 0 Å². The van der Waals surface area contributed by atoms with Gasteiger partial charge in [0.05, 0.1) is 19.3 Å². The smallest absolute Gasteiger partial charge is 0.104 e. The van der Waals surface area contributed by atoms with Crippen molar-refractivity contribution in [2.45, 2.75) is 25.2 Å². The largest absolute Gasteiger partial charge is 0.388 e. The minimum Gasteiger partial charge on any atom is -0.388 e. The average Bonchev–Trinajstić information content (AvgIpc) is 2.29. The first-order chi connectivity index (χ1) is 7.36. The molecule has 15 heavy (non-hydrogen) atoms. The summed E-state index contributed by atoms with van der Waals surface area (Å²) in [5.41, 5.74) is 1.14. The molecule has 1 saturated heterocycles. The van der Waals surface area contributed by atoms with Gasteiger partial charge in [0.25, 0.3) is 0 Å². The first-order valence-electron chi connectivity index (χ1n) is 5.27. The van der Waals surface area contributed by atoms with Crippen LogP contribution in [0.25, 0.3) is 0 Å². The summed E-state index contributed by atoms with van der Waals surface area (Å²) in [4.78, 5) is 0. The normalized spacial score (nSPS) is 26.5. The van der Waals surface area contributed by atoms with Crippen molar-refractivity contribution in [3.63, 3.8) is 0 Å². The maximum atomic E-state index is 9.60. The van der Waals surface area contributed by atoms with E-state index in [9.17, 15) is 5.11 Å². The van der Waals surface area contributed by atoms with Crippen molar-refractivity contribution in [2.75, 3.05) is 13.2 Å². The van der Waals surface area contributed by atoms with E-state index in [0.29, 0.717) is 19.8 Å². The van der Waals surface area contributed by atoms with Crippen LogP contribution in [0, 0.1) is 0 Å². The van der Waals surface area contributed by atoms with Crippen LogP contribution in [0.4, 0.5) is 0 Å². The molecule has 0 aliphatic carbocycles. The van der Waals surface area contributed by atoms with Gasteiger partial charge in [0.2, 0.25) is 0 Å². The van der Waals surface area contributed by atoms with Gasteiger partial charge in [-0.15, -0.1) is 0 Å². The van der Waals surface area contributed by atoms with E-state index in [0.717, 1.165) is 12.0 Å². The van der Waals surface area contributed by atoms with Gasteiger partial charge < -0.3 is 14.6 Å². The topological polar surface area (TPSA) is 38.7 Å². The fourth-order valence-electron chi connectivity index (χ4n) is 1.68. The van der Waals surface area contributed by atoms with Gasteiger partial charge in [-0.3, -0.25) is 0 Å². The Morgan fingerprint density at radius 2 is 2.13 bits per heavy atom. The highest BCUT2D eigenvalue weighted by molar-refractivity contribution is 5.13. The average molecular weight is 208 g/mol. The van der Waals surface area contributed by atoms with E-state index in [-0.39, 0.29) is 6.10 Å². The fraction of sp³-hybridized carbons (Fsp3) is 0.500. The van der Waals surface area contributed by atoms with Gasteiger partial charge in [-0.2, -0.15) is 0 Å². The Labute approximate surface area is 89.6 Å². The van der Waals surface area contributed by atoms with Crippen molar-refractivity contribution in [1.82, 2.24) is 0 Å². The van der Waals surface area contributed by atoms with Gasteiger partial charge in [0.1, 0.15) is 6.10 Å². The second-order valence-electron chi connectivity index (χ2n) is 3.77. The highest BCUT2D eigenvalue weighted by Crippen LogP contribution is 2.13. The van der Waals surface area contributed by atoms with Gasteiger partial charge in [-0.1, -0.05) is 30.3 Å². The molecule has 0 aromatic heterocycles. The maximum absolute atomic E-state index is 9.60. The molecule has 3 heteroatoms. The van der Waals surface area contributed by atoms with Crippen LogP contribution in [0.1, 0.15) is 12.0 Å². The summed E-state index contributed by atoms with van der Waals surface area (Å²) in [6.45, 7) is 1.62. The summed E-state index contributed by atoms with van der Waals surface area (Å²) in [5.74, 6) is 0. The lowest BCUT2D eigenvalue weighted by Crippen LogP contribution is -2.38. The molecule has 0 unspecified atom stereocenters. The van der Waals surface area contributed by atoms with E-state index in [1.54, 1.807) is 0 Å². The van der Waals surface area contributed by atoms with Crippen molar-refractivity contribution < 1.29 is 14.6 Å². The van der Waals surface area contributed by atoms with E-state index < -0.39 is 6.10 Å². The number of hydrogen-bond donors (Lipinski definition) is 1. The zero-order chi connectivity index (χ0) is 10.5. The standard InChI is InChI=1S/C12H16O3/c13-11-9-14-7-6-12(11)15-8-10-4-2-1-3-5-10/h1-5,11-13H,6-9H2/t11-,12-/m0/s1. The van der Waals surface area contributed by atoms with Crippen LogP contribution >= 0.6 is 0 Å². The number of hydrogen-bond acceptors (Lipinski definition) is 3. The fourth-order valence-corrected chi connectivity index (χ4v) is 1.68. The molecular formula is C12H16O3. The van der Waals surface area contributed by atoms with Gasteiger partial charge in [0.15, 0.2) is 0 Å². The Balaban J connectivity index is 1.82. The van der Waals surface area contributed by atoms with Gasteiger partial charge in [-0.25, -0.2) is 0 Å². The minimum absolute atomic E-state index is 0.0843. The number of ether oxygens (including phenoxy) is 2. The molecule has 1 aliphatic rings. The van der Waals surface area contributed by atoms with Crippen LogP contribution in [0.3, 0.4) is 0 Å². The summed E-state index contributed by atoms with van der Waals surface area (Å²) < 4.78 is 10.8. The Hall–Kier alpha value is -0.900. The Kier molecular flexibility index (Phi) is 3.72. The molecule has 1 heterocycles. The van der Waals surface area contributed by atoms with Crippen LogP contribution in [0.15, 0.2) is 30.3 Å². The summed E-state index contributed by atoms with van der Waals surface area (Å²) >= 11 is 0. The summed E-state index contributed by atoms with van der Waals surface area (Å²) in [7, 11) is 0. The molecule has 0 saturated carbocycles. The van der Waals surface area contributed by atoms with E-state index in [4.69, 9.17) is 9.47 Å². The zero-order valence-corrected chi connectivity index (χ0v) is 8.63. The monoisotopic (exact) mass is 208 g/mol. The van der Waals surface area contributed by atoms with Gasteiger partial charge in [-0.05, 0) is 12.0 Å². The molecule has 1 aromatic carbocycles. The third-order valence-corrected chi connectivity index (χ3v) is 2.57. The zero-order valence-electron chi connectivity index (χ0n) is 8.63.